The maximum Gasteiger partial charge on any atom is 0.272 e. The first-order chi connectivity index (χ1) is 14.1. The van der Waals surface area contributed by atoms with Crippen LogP contribution in [0.25, 0.3) is 33.1 Å². The highest BCUT2D eigenvalue weighted by Crippen LogP contribution is 2.29. The van der Waals surface area contributed by atoms with Crippen LogP contribution in [0.4, 0.5) is 10.3 Å². The number of aliphatic hydroxyl groups is 1. The second-order valence-corrected chi connectivity index (χ2v) is 6.67. The molecule has 10 heteroatoms. The molecule has 29 heavy (non-hydrogen) atoms. The number of halogens is 2. The number of aromatic amines is 2. The van der Waals surface area contributed by atoms with Gasteiger partial charge in [0.15, 0.2) is 0 Å². The molecule has 0 fully saturated rings. The molecule has 0 amide bonds. The van der Waals surface area contributed by atoms with E-state index in [0.29, 0.717) is 47.1 Å². The van der Waals surface area contributed by atoms with Crippen molar-refractivity contribution in [1.82, 2.24) is 20.2 Å². The highest BCUT2D eigenvalue weighted by Gasteiger charge is 2.14. The molecule has 150 valence electrons. The van der Waals surface area contributed by atoms with Gasteiger partial charge in [-0.15, -0.1) is 11.6 Å². The average Bonchev–Trinajstić information content (AvgIpc) is 3.10. The van der Waals surface area contributed by atoms with Crippen molar-refractivity contribution >= 4 is 39.4 Å². The molecule has 0 aliphatic heterocycles. The number of nitrogens with one attached hydrogen (secondary N) is 3. The largest absolute Gasteiger partial charge is 0.351 e. The Kier molecular flexibility index (Phi) is 5.43. The summed E-state index contributed by atoms with van der Waals surface area (Å²) < 4.78 is 19.6. The van der Waals surface area contributed by atoms with Gasteiger partial charge in [0.25, 0.3) is 5.56 Å². The van der Waals surface area contributed by atoms with Crippen molar-refractivity contribution in [1.29, 1.82) is 0 Å². The van der Waals surface area contributed by atoms with Crippen LogP contribution in [0, 0.1) is 5.82 Å². The van der Waals surface area contributed by atoms with E-state index in [0.717, 1.165) is 0 Å². The number of rotatable bonds is 7. The standard InChI is InChI=1S/C19H17ClFN5O3/c20-7-2-8-29-19(28)24-18-22-13-6-5-10(9-14(13)23-18)16-15-11(17(27)26-25-16)3-1-4-12(15)21/h1,3-6,9,19,28H,2,7-8H2,(H,26,27)(H2,22,23,24). The van der Waals surface area contributed by atoms with E-state index in [4.69, 9.17) is 16.3 Å². The number of nitrogens with zero attached hydrogens (tertiary/aromatic N) is 2. The van der Waals surface area contributed by atoms with Crippen LogP contribution in [0.15, 0.2) is 41.2 Å². The number of aromatic nitrogens is 4. The van der Waals surface area contributed by atoms with Gasteiger partial charge in [0, 0.05) is 11.4 Å². The average molecular weight is 418 g/mol. The fourth-order valence-corrected chi connectivity index (χ4v) is 3.12. The monoisotopic (exact) mass is 417 g/mol. The lowest BCUT2D eigenvalue weighted by atomic mass is 10.0. The number of aliphatic hydroxyl groups excluding tert-OH is 1. The Labute approximate surface area is 168 Å². The number of H-pyrrole nitrogens is 2. The first-order valence-electron chi connectivity index (χ1n) is 8.86. The Morgan fingerprint density at radius 2 is 2.17 bits per heavy atom. The Morgan fingerprint density at radius 3 is 3.00 bits per heavy atom. The van der Waals surface area contributed by atoms with Crippen LogP contribution in [0.3, 0.4) is 0 Å². The fourth-order valence-electron chi connectivity index (χ4n) is 3.02. The molecule has 2 heterocycles. The zero-order valence-corrected chi connectivity index (χ0v) is 15.8. The van der Waals surface area contributed by atoms with E-state index in [1.165, 1.54) is 12.1 Å². The molecule has 0 aliphatic rings. The minimum Gasteiger partial charge on any atom is -0.351 e. The Hall–Kier alpha value is -3.01. The van der Waals surface area contributed by atoms with Crippen molar-refractivity contribution in [2.24, 2.45) is 0 Å². The van der Waals surface area contributed by atoms with Crippen LogP contribution >= 0.6 is 11.6 Å². The van der Waals surface area contributed by atoms with Crippen LogP contribution in [-0.4, -0.2) is 44.2 Å². The highest BCUT2D eigenvalue weighted by atomic mass is 35.5. The Balaban J connectivity index is 1.68. The molecule has 8 nitrogen and oxygen atoms in total. The number of anilines is 1. The molecule has 4 aromatic rings. The van der Waals surface area contributed by atoms with Crippen LogP contribution in [0.5, 0.6) is 0 Å². The van der Waals surface area contributed by atoms with Crippen molar-refractivity contribution < 1.29 is 14.2 Å². The number of hydrogen-bond acceptors (Lipinski definition) is 6. The van der Waals surface area contributed by atoms with Gasteiger partial charge in [-0.2, -0.15) is 5.10 Å². The van der Waals surface area contributed by atoms with Crippen LogP contribution in [-0.2, 0) is 4.74 Å². The molecule has 0 saturated heterocycles. The second-order valence-electron chi connectivity index (χ2n) is 6.29. The van der Waals surface area contributed by atoms with Gasteiger partial charge in [0.2, 0.25) is 12.4 Å². The van der Waals surface area contributed by atoms with Gasteiger partial charge in [-0.05, 0) is 30.7 Å². The van der Waals surface area contributed by atoms with E-state index in [1.54, 1.807) is 24.3 Å². The molecule has 0 bridgehead atoms. The molecular formula is C19H17ClFN5O3. The lowest BCUT2D eigenvalue weighted by Crippen LogP contribution is -2.23. The molecule has 4 N–H and O–H groups in total. The van der Waals surface area contributed by atoms with Gasteiger partial charge in [-0.3, -0.25) is 4.79 Å². The van der Waals surface area contributed by atoms with E-state index >= 15 is 0 Å². The van der Waals surface area contributed by atoms with Gasteiger partial charge in [-0.25, -0.2) is 14.5 Å². The number of hydrogen-bond donors (Lipinski definition) is 4. The number of alkyl halides is 1. The molecular weight excluding hydrogens is 401 g/mol. The molecule has 1 unspecified atom stereocenters. The predicted octanol–water partition coefficient (Wildman–Crippen LogP) is 2.94. The SMILES string of the molecule is O=c1[nH]nc(-c2ccc3[nH]c(NC(O)OCCCCl)nc3c2)c2c(F)cccc12. The molecule has 0 radical (unpaired) electrons. The fraction of sp³-hybridized carbons (Fsp3) is 0.211. The van der Waals surface area contributed by atoms with E-state index in [2.05, 4.69) is 25.5 Å². The lowest BCUT2D eigenvalue weighted by molar-refractivity contribution is -0.0780. The van der Waals surface area contributed by atoms with Crippen molar-refractivity contribution in [2.75, 3.05) is 17.8 Å². The summed E-state index contributed by atoms with van der Waals surface area (Å²) in [4.78, 5) is 19.3. The van der Waals surface area contributed by atoms with Gasteiger partial charge in [0.1, 0.15) is 11.5 Å². The first-order valence-corrected chi connectivity index (χ1v) is 9.39. The topological polar surface area (TPSA) is 116 Å². The summed E-state index contributed by atoms with van der Waals surface area (Å²) in [5, 5.41) is 19.3. The summed E-state index contributed by atoms with van der Waals surface area (Å²) in [6.45, 7) is 0.304. The number of benzene rings is 2. The van der Waals surface area contributed by atoms with Gasteiger partial charge in [0.05, 0.1) is 28.4 Å². The molecule has 2 aromatic carbocycles. The zero-order chi connectivity index (χ0) is 20.4. The molecule has 2 aromatic heterocycles. The van der Waals surface area contributed by atoms with E-state index in [-0.39, 0.29) is 10.8 Å². The van der Waals surface area contributed by atoms with Gasteiger partial charge >= 0.3 is 0 Å². The summed E-state index contributed by atoms with van der Waals surface area (Å²) in [6, 6.07) is 9.51. The van der Waals surface area contributed by atoms with Crippen molar-refractivity contribution in [2.45, 2.75) is 12.8 Å². The summed E-state index contributed by atoms with van der Waals surface area (Å²) in [7, 11) is 0. The molecule has 1 atom stereocenters. The van der Waals surface area contributed by atoms with E-state index < -0.39 is 17.8 Å². The minimum absolute atomic E-state index is 0.146. The van der Waals surface area contributed by atoms with Crippen LogP contribution < -0.4 is 10.9 Å². The van der Waals surface area contributed by atoms with E-state index in [9.17, 15) is 14.3 Å². The molecule has 0 saturated carbocycles. The summed E-state index contributed by atoms with van der Waals surface area (Å²) in [5.74, 6) is 0.215. The zero-order valence-electron chi connectivity index (χ0n) is 15.1. The predicted molar refractivity (Wildman–Crippen MR) is 108 cm³/mol. The number of fused-ring (bicyclic) bond motifs is 2. The Bertz CT molecular complexity index is 1230. The van der Waals surface area contributed by atoms with Crippen molar-refractivity contribution in [3.05, 3.63) is 52.6 Å². The summed E-state index contributed by atoms with van der Waals surface area (Å²) in [5.41, 5.74) is 1.69. The quantitative estimate of drug-likeness (QED) is 0.209. The minimum atomic E-state index is -1.24. The smallest absolute Gasteiger partial charge is 0.272 e. The van der Waals surface area contributed by atoms with Gasteiger partial charge < -0.3 is 20.1 Å². The third kappa shape index (κ3) is 3.93. The number of imidazole rings is 1. The maximum atomic E-state index is 14.4. The molecule has 0 spiro atoms. The maximum absolute atomic E-state index is 14.4. The Morgan fingerprint density at radius 1 is 1.31 bits per heavy atom. The number of ether oxygens (including phenoxy) is 1. The van der Waals surface area contributed by atoms with Crippen molar-refractivity contribution in [3.63, 3.8) is 0 Å². The first kappa shape index (κ1) is 19.3. The lowest BCUT2D eigenvalue weighted by Gasteiger charge is -2.11. The molecule has 4 rings (SSSR count). The second kappa shape index (κ2) is 8.16. The van der Waals surface area contributed by atoms with E-state index in [1.807, 2.05) is 0 Å². The highest BCUT2D eigenvalue weighted by molar-refractivity contribution is 6.17. The van der Waals surface area contributed by atoms with Crippen LogP contribution in [0.2, 0.25) is 0 Å². The third-order valence-electron chi connectivity index (χ3n) is 4.33. The van der Waals surface area contributed by atoms with Gasteiger partial charge in [-0.1, -0.05) is 12.1 Å². The van der Waals surface area contributed by atoms with Crippen LogP contribution in [0.1, 0.15) is 6.42 Å². The van der Waals surface area contributed by atoms with Crippen molar-refractivity contribution in [3.8, 4) is 11.3 Å². The summed E-state index contributed by atoms with van der Waals surface area (Å²) >= 11 is 5.57. The third-order valence-corrected chi connectivity index (χ3v) is 4.60. The normalized spacial score (nSPS) is 12.5. The summed E-state index contributed by atoms with van der Waals surface area (Å²) in [6.07, 6.45) is -0.627. The molecule has 0 aliphatic carbocycles.